The second-order valence-corrected chi connectivity index (χ2v) is 5.03. The molecule has 9 heteroatoms. The molecule has 1 N–H and O–H groups in total. The molecule has 2 rings (SSSR count). The van der Waals surface area contributed by atoms with E-state index >= 15 is 0 Å². The van der Waals surface area contributed by atoms with Crippen LogP contribution < -0.4 is 4.18 Å². The number of fused-ring (bicyclic) bond motifs is 1. The SMILES string of the molecule is O=S(=O)(Oc1ccnc2cc(O)ccc12)C(F)(F)F. The van der Waals surface area contributed by atoms with Gasteiger partial charge in [0, 0.05) is 23.7 Å². The Hall–Kier alpha value is -2.03. The summed E-state index contributed by atoms with van der Waals surface area (Å²) in [5.74, 6) is -0.668. The Morgan fingerprint density at radius 2 is 1.89 bits per heavy atom. The quantitative estimate of drug-likeness (QED) is 0.678. The fraction of sp³-hybridized carbons (Fsp3) is 0.100. The second kappa shape index (κ2) is 4.26. The van der Waals surface area contributed by atoms with Gasteiger partial charge in [-0.15, -0.1) is 0 Å². The molecule has 1 aromatic carbocycles. The van der Waals surface area contributed by atoms with Gasteiger partial charge in [-0.1, -0.05) is 0 Å². The van der Waals surface area contributed by atoms with Crippen LogP contribution in [0, 0.1) is 0 Å². The third kappa shape index (κ3) is 2.55. The smallest absolute Gasteiger partial charge is 0.508 e. The third-order valence-electron chi connectivity index (χ3n) is 2.17. The Labute approximate surface area is 105 Å². The van der Waals surface area contributed by atoms with E-state index in [1.165, 1.54) is 18.2 Å². The highest BCUT2D eigenvalue weighted by Crippen LogP contribution is 2.31. The minimum absolute atomic E-state index is 0.0353. The van der Waals surface area contributed by atoms with Gasteiger partial charge in [0.15, 0.2) is 5.75 Å². The van der Waals surface area contributed by atoms with E-state index in [4.69, 9.17) is 0 Å². The number of hydrogen-bond acceptors (Lipinski definition) is 5. The molecule has 0 bridgehead atoms. The largest absolute Gasteiger partial charge is 0.534 e. The van der Waals surface area contributed by atoms with E-state index in [0.717, 1.165) is 12.3 Å². The minimum atomic E-state index is -5.74. The van der Waals surface area contributed by atoms with Crippen molar-refractivity contribution in [2.75, 3.05) is 0 Å². The van der Waals surface area contributed by atoms with Crippen LogP contribution in [-0.2, 0) is 10.1 Å². The molecule has 0 aliphatic heterocycles. The second-order valence-electron chi connectivity index (χ2n) is 3.49. The average molecular weight is 293 g/mol. The summed E-state index contributed by atoms with van der Waals surface area (Å²) in [6.45, 7) is 0. The van der Waals surface area contributed by atoms with Crippen molar-refractivity contribution in [2.45, 2.75) is 5.51 Å². The first-order valence-electron chi connectivity index (χ1n) is 4.79. The minimum Gasteiger partial charge on any atom is -0.508 e. The molecule has 5 nitrogen and oxygen atoms in total. The number of rotatable bonds is 2. The molecule has 102 valence electrons. The first-order valence-corrected chi connectivity index (χ1v) is 6.20. The van der Waals surface area contributed by atoms with Gasteiger partial charge in [0.1, 0.15) is 5.75 Å². The van der Waals surface area contributed by atoms with E-state index < -0.39 is 21.4 Å². The van der Waals surface area contributed by atoms with Gasteiger partial charge in [0.05, 0.1) is 5.52 Å². The van der Waals surface area contributed by atoms with Crippen molar-refractivity contribution < 1.29 is 30.9 Å². The lowest BCUT2D eigenvalue weighted by Gasteiger charge is -2.11. The van der Waals surface area contributed by atoms with Crippen molar-refractivity contribution in [2.24, 2.45) is 0 Å². The molecule has 0 fully saturated rings. The standard InChI is InChI=1S/C10H6F3NO4S/c11-10(12,13)19(16,17)18-9-3-4-14-8-5-6(15)1-2-7(8)9/h1-5,15H. The molecular formula is C10H6F3NO4S. The van der Waals surface area contributed by atoms with Crippen LogP contribution in [0.3, 0.4) is 0 Å². The van der Waals surface area contributed by atoms with Gasteiger partial charge in [0.25, 0.3) is 0 Å². The monoisotopic (exact) mass is 293 g/mol. The summed E-state index contributed by atoms with van der Waals surface area (Å²) in [6.07, 6.45) is 1.07. The van der Waals surface area contributed by atoms with Gasteiger partial charge >= 0.3 is 15.6 Å². The van der Waals surface area contributed by atoms with E-state index in [9.17, 15) is 26.7 Å². The van der Waals surface area contributed by atoms with Crippen molar-refractivity contribution in [3.8, 4) is 11.5 Å². The number of alkyl halides is 3. The van der Waals surface area contributed by atoms with Crippen LogP contribution in [0.15, 0.2) is 30.5 Å². The maximum Gasteiger partial charge on any atom is 0.534 e. The molecule has 19 heavy (non-hydrogen) atoms. The lowest BCUT2D eigenvalue weighted by Crippen LogP contribution is -2.28. The van der Waals surface area contributed by atoms with Crippen molar-refractivity contribution in [3.63, 3.8) is 0 Å². The van der Waals surface area contributed by atoms with E-state index in [2.05, 4.69) is 9.17 Å². The molecule has 0 aliphatic carbocycles. The van der Waals surface area contributed by atoms with E-state index in [1.807, 2.05) is 0 Å². The van der Waals surface area contributed by atoms with Crippen molar-refractivity contribution in [1.82, 2.24) is 4.98 Å². The summed E-state index contributed by atoms with van der Waals surface area (Å²) in [7, 11) is -5.74. The van der Waals surface area contributed by atoms with Crippen molar-refractivity contribution >= 4 is 21.0 Å². The summed E-state index contributed by atoms with van der Waals surface area (Å²) in [4.78, 5) is 3.78. The topological polar surface area (TPSA) is 76.5 Å². The Morgan fingerprint density at radius 3 is 2.53 bits per heavy atom. The lowest BCUT2D eigenvalue weighted by molar-refractivity contribution is -0.0499. The van der Waals surface area contributed by atoms with Gasteiger partial charge in [-0.25, -0.2) is 0 Å². The maximum atomic E-state index is 12.2. The molecule has 2 aromatic rings. The number of benzene rings is 1. The van der Waals surface area contributed by atoms with Crippen LogP contribution in [-0.4, -0.2) is 24.0 Å². The van der Waals surface area contributed by atoms with Gasteiger partial charge in [-0.05, 0) is 12.1 Å². The van der Waals surface area contributed by atoms with Gasteiger partial charge < -0.3 is 9.29 Å². The van der Waals surface area contributed by atoms with E-state index in [1.54, 1.807) is 0 Å². The normalized spacial score (nSPS) is 12.6. The molecule has 0 spiro atoms. The summed E-state index contributed by atoms with van der Waals surface area (Å²) in [6, 6.07) is 4.54. The molecule has 1 aromatic heterocycles. The maximum absolute atomic E-state index is 12.2. The summed E-state index contributed by atoms with van der Waals surface area (Å²) in [5, 5.41) is 9.24. The zero-order valence-electron chi connectivity index (χ0n) is 9.05. The summed E-state index contributed by atoms with van der Waals surface area (Å²) < 4.78 is 62.5. The Morgan fingerprint density at radius 1 is 1.21 bits per heavy atom. The predicted octanol–water partition coefficient (Wildman–Crippen LogP) is 2.17. The molecule has 0 amide bonds. The fourth-order valence-electron chi connectivity index (χ4n) is 1.35. The number of aromatic nitrogens is 1. The average Bonchev–Trinajstić information content (AvgIpc) is 2.26. The zero-order chi connectivity index (χ0) is 14.3. The van der Waals surface area contributed by atoms with E-state index in [-0.39, 0.29) is 16.7 Å². The van der Waals surface area contributed by atoms with Gasteiger partial charge in [-0.2, -0.15) is 21.6 Å². The number of halogens is 3. The fourth-order valence-corrected chi connectivity index (χ4v) is 1.82. The summed E-state index contributed by atoms with van der Waals surface area (Å²) >= 11 is 0. The Balaban J connectivity index is 2.53. The molecule has 0 atom stereocenters. The third-order valence-corrected chi connectivity index (χ3v) is 3.14. The molecule has 0 radical (unpaired) electrons. The first kappa shape index (κ1) is 13.4. The molecule has 0 saturated heterocycles. The Bertz CT molecular complexity index is 727. The molecular weight excluding hydrogens is 287 g/mol. The van der Waals surface area contributed by atoms with Gasteiger partial charge in [-0.3, -0.25) is 4.98 Å². The van der Waals surface area contributed by atoms with E-state index in [0.29, 0.717) is 0 Å². The summed E-state index contributed by atoms with van der Waals surface area (Å²) in [5.41, 5.74) is -5.41. The highest BCUT2D eigenvalue weighted by molar-refractivity contribution is 7.88. The molecule has 0 aliphatic rings. The number of aromatic hydroxyl groups is 1. The van der Waals surface area contributed by atoms with Crippen LogP contribution in [0.2, 0.25) is 0 Å². The highest BCUT2D eigenvalue weighted by atomic mass is 32.2. The number of phenolic OH excluding ortho intramolecular Hbond substituents is 1. The van der Waals surface area contributed by atoms with Crippen molar-refractivity contribution in [1.29, 1.82) is 0 Å². The highest BCUT2D eigenvalue weighted by Gasteiger charge is 2.48. The predicted molar refractivity (Wildman–Crippen MR) is 59.0 cm³/mol. The zero-order valence-corrected chi connectivity index (χ0v) is 9.86. The molecule has 1 heterocycles. The number of pyridine rings is 1. The number of hydrogen-bond donors (Lipinski definition) is 1. The van der Waals surface area contributed by atoms with Crippen molar-refractivity contribution in [3.05, 3.63) is 30.5 Å². The van der Waals surface area contributed by atoms with Crippen LogP contribution in [0.4, 0.5) is 13.2 Å². The van der Waals surface area contributed by atoms with Crippen LogP contribution >= 0.6 is 0 Å². The molecule has 0 unspecified atom stereocenters. The Kier molecular flexibility index (Phi) is 3.01. The number of phenols is 1. The van der Waals surface area contributed by atoms with Crippen LogP contribution in [0.1, 0.15) is 0 Å². The molecule has 0 saturated carbocycles. The van der Waals surface area contributed by atoms with Crippen LogP contribution in [0.25, 0.3) is 10.9 Å². The number of nitrogens with zero attached hydrogens (tertiary/aromatic N) is 1. The lowest BCUT2D eigenvalue weighted by atomic mass is 10.2. The van der Waals surface area contributed by atoms with Crippen LogP contribution in [0.5, 0.6) is 11.5 Å². The van der Waals surface area contributed by atoms with Gasteiger partial charge in [0.2, 0.25) is 0 Å². The first-order chi connectivity index (χ1) is 8.71.